The molecule has 0 fully saturated rings. The van der Waals surface area contributed by atoms with E-state index in [0.717, 1.165) is 17.2 Å². The van der Waals surface area contributed by atoms with Crippen LogP contribution in [0.25, 0.3) is 10.8 Å². The van der Waals surface area contributed by atoms with Gasteiger partial charge in [-0.2, -0.15) is 0 Å². The molecule has 5 nitrogen and oxygen atoms in total. The summed E-state index contributed by atoms with van der Waals surface area (Å²) >= 11 is 0. The van der Waals surface area contributed by atoms with Crippen LogP contribution in [-0.4, -0.2) is 27.5 Å². The third-order valence-corrected chi connectivity index (χ3v) is 5.15. The molecule has 130 valence electrons. The highest BCUT2D eigenvalue weighted by atomic mass is 32.2. The van der Waals surface area contributed by atoms with Crippen molar-refractivity contribution in [3.05, 3.63) is 42.5 Å². The van der Waals surface area contributed by atoms with Gasteiger partial charge in [0.2, 0.25) is 10.0 Å². The highest BCUT2D eigenvalue weighted by Gasteiger charge is 2.13. The maximum absolute atomic E-state index is 12.3. The Bertz CT molecular complexity index is 786. The summed E-state index contributed by atoms with van der Waals surface area (Å²) in [7, 11) is -3.51. The van der Waals surface area contributed by atoms with Crippen molar-refractivity contribution in [2.24, 2.45) is 0 Å². The average Bonchev–Trinajstić information content (AvgIpc) is 2.57. The predicted molar refractivity (Wildman–Crippen MR) is 94.2 cm³/mol. The molecule has 24 heavy (non-hydrogen) atoms. The average molecular weight is 349 g/mol. The van der Waals surface area contributed by atoms with Crippen LogP contribution in [0.15, 0.2) is 47.4 Å². The largest absolute Gasteiger partial charge is 0.466 e. The summed E-state index contributed by atoms with van der Waals surface area (Å²) in [6.07, 6.45) is 2.55. The molecule has 0 aliphatic heterocycles. The number of ether oxygens (including phenoxy) is 1. The topological polar surface area (TPSA) is 72.5 Å². The van der Waals surface area contributed by atoms with Crippen molar-refractivity contribution in [3.63, 3.8) is 0 Å². The van der Waals surface area contributed by atoms with Crippen molar-refractivity contribution in [2.45, 2.75) is 37.5 Å². The molecule has 0 saturated carbocycles. The maximum Gasteiger partial charge on any atom is 0.305 e. The third-order valence-electron chi connectivity index (χ3n) is 3.69. The zero-order chi connectivity index (χ0) is 17.4. The van der Waals surface area contributed by atoms with Gasteiger partial charge in [-0.25, -0.2) is 13.1 Å². The van der Waals surface area contributed by atoms with Crippen molar-refractivity contribution in [1.29, 1.82) is 0 Å². The number of rotatable bonds is 9. The zero-order valence-corrected chi connectivity index (χ0v) is 14.6. The fourth-order valence-corrected chi connectivity index (χ4v) is 3.54. The van der Waals surface area contributed by atoms with Crippen LogP contribution in [0.2, 0.25) is 0 Å². The monoisotopic (exact) mass is 349 g/mol. The lowest BCUT2D eigenvalue weighted by atomic mass is 10.1. The first-order valence-corrected chi connectivity index (χ1v) is 9.65. The van der Waals surface area contributed by atoms with Crippen LogP contribution in [0.5, 0.6) is 0 Å². The van der Waals surface area contributed by atoms with Crippen LogP contribution in [0, 0.1) is 0 Å². The Morgan fingerprint density at radius 3 is 2.54 bits per heavy atom. The van der Waals surface area contributed by atoms with Gasteiger partial charge in [0.05, 0.1) is 11.5 Å². The number of hydrogen-bond donors (Lipinski definition) is 1. The summed E-state index contributed by atoms with van der Waals surface area (Å²) in [5, 5.41) is 1.91. The molecule has 0 bridgehead atoms. The van der Waals surface area contributed by atoms with E-state index in [0.29, 0.717) is 32.4 Å². The second kappa shape index (κ2) is 8.80. The molecule has 0 aromatic heterocycles. The first-order chi connectivity index (χ1) is 11.5. The van der Waals surface area contributed by atoms with Gasteiger partial charge in [0.15, 0.2) is 0 Å². The quantitative estimate of drug-likeness (QED) is 0.557. The number of sulfonamides is 1. The lowest BCUT2D eigenvalue weighted by Gasteiger charge is -2.08. The van der Waals surface area contributed by atoms with E-state index in [1.54, 1.807) is 19.1 Å². The number of carbonyl (C=O) groups excluding carboxylic acids is 1. The summed E-state index contributed by atoms with van der Waals surface area (Å²) in [5.74, 6) is -0.200. The lowest BCUT2D eigenvalue weighted by Crippen LogP contribution is -2.24. The minimum Gasteiger partial charge on any atom is -0.466 e. The van der Waals surface area contributed by atoms with Gasteiger partial charge in [0.1, 0.15) is 0 Å². The molecular formula is C18H23NO4S. The van der Waals surface area contributed by atoms with E-state index in [-0.39, 0.29) is 10.9 Å². The molecule has 1 N–H and O–H groups in total. The molecule has 2 rings (SSSR count). The molecule has 0 saturated heterocycles. The van der Waals surface area contributed by atoms with Crippen LogP contribution in [0.4, 0.5) is 0 Å². The van der Waals surface area contributed by atoms with Crippen molar-refractivity contribution in [2.75, 3.05) is 13.2 Å². The number of fused-ring (bicyclic) bond motifs is 1. The van der Waals surface area contributed by atoms with Gasteiger partial charge >= 0.3 is 5.97 Å². The number of unbranched alkanes of at least 4 members (excludes halogenated alkanes) is 2. The Morgan fingerprint density at radius 2 is 1.79 bits per heavy atom. The molecule has 0 spiro atoms. The SMILES string of the molecule is CCOC(=O)CCCCCNS(=O)(=O)c1ccc2ccccc2c1. The molecule has 6 heteroatoms. The third kappa shape index (κ3) is 5.32. The normalized spacial score (nSPS) is 11.5. The van der Waals surface area contributed by atoms with E-state index in [1.165, 1.54) is 0 Å². The van der Waals surface area contributed by atoms with Crippen LogP contribution in [-0.2, 0) is 19.6 Å². The lowest BCUT2D eigenvalue weighted by molar-refractivity contribution is -0.143. The molecule has 0 radical (unpaired) electrons. The maximum atomic E-state index is 12.3. The Kier molecular flexibility index (Phi) is 6.75. The summed E-state index contributed by atoms with van der Waals surface area (Å²) in [6.45, 7) is 2.53. The van der Waals surface area contributed by atoms with Crippen LogP contribution < -0.4 is 4.72 Å². The minimum absolute atomic E-state index is 0.200. The molecule has 0 unspecified atom stereocenters. The molecule has 2 aromatic carbocycles. The van der Waals surface area contributed by atoms with E-state index in [9.17, 15) is 13.2 Å². The second-order valence-corrected chi connectivity index (χ2v) is 7.29. The second-order valence-electron chi connectivity index (χ2n) is 5.52. The first kappa shape index (κ1) is 18.4. The highest BCUT2D eigenvalue weighted by Crippen LogP contribution is 2.18. The summed E-state index contributed by atoms with van der Waals surface area (Å²) in [4.78, 5) is 11.5. The fraction of sp³-hybridized carbons (Fsp3) is 0.389. The Balaban J connectivity index is 1.81. The number of carbonyl (C=O) groups is 1. The van der Waals surface area contributed by atoms with E-state index in [4.69, 9.17) is 4.74 Å². The van der Waals surface area contributed by atoms with E-state index in [2.05, 4.69) is 4.72 Å². The van der Waals surface area contributed by atoms with Crippen LogP contribution >= 0.6 is 0 Å². The molecule has 2 aromatic rings. The number of nitrogens with one attached hydrogen (secondary N) is 1. The van der Waals surface area contributed by atoms with Gasteiger partial charge in [0.25, 0.3) is 0 Å². The van der Waals surface area contributed by atoms with Gasteiger partial charge < -0.3 is 4.74 Å². The summed E-state index contributed by atoms with van der Waals surface area (Å²) < 4.78 is 32.1. The Morgan fingerprint density at radius 1 is 1.04 bits per heavy atom. The zero-order valence-electron chi connectivity index (χ0n) is 13.8. The standard InChI is InChI=1S/C18H23NO4S/c1-2-23-18(20)10-4-3-7-13-19-24(21,22)17-12-11-15-8-5-6-9-16(15)14-17/h5-6,8-9,11-12,14,19H,2-4,7,10,13H2,1H3. The van der Waals surface area contributed by atoms with Crippen molar-refractivity contribution < 1.29 is 17.9 Å². The van der Waals surface area contributed by atoms with Crippen molar-refractivity contribution in [1.82, 2.24) is 4.72 Å². The van der Waals surface area contributed by atoms with Crippen molar-refractivity contribution in [3.8, 4) is 0 Å². The fourth-order valence-electron chi connectivity index (χ4n) is 2.43. The minimum atomic E-state index is -3.51. The number of benzene rings is 2. The van der Waals surface area contributed by atoms with Gasteiger partial charge in [-0.15, -0.1) is 0 Å². The molecule has 0 heterocycles. The molecule has 0 aliphatic rings. The Hall–Kier alpha value is -1.92. The Labute approximate surface area is 143 Å². The van der Waals surface area contributed by atoms with Crippen LogP contribution in [0.1, 0.15) is 32.6 Å². The summed E-state index contributed by atoms with van der Waals surface area (Å²) in [6, 6.07) is 12.8. The van der Waals surface area contributed by atoms with E-state index in [1.807, 2.05) is 30.3 Å². The molecule has 0 amide bonds. The smallest absolute Gasteiger partial charge is 0.305 e. The molecular weight excluding hydrogens is 326 g/mol. The van der Waals surface area contributed by atoms with Crippen LogP contribution in [0.3, 0.4) is 0 Å². The van der Waals surface area contributed by atoms with Gasteiger partial charge in [-0.05, 0) is 42.7 Å². The van der Waals surface area contributed by atoms with E-state index >= 15 is 0 Å². The number of esters is 1. The first-order valence-electron chi connectivity index (χ1n) is 8.17. The van der Waals surface area contributed by atoms with E-state index < -0.39 is 10.0 Å². The number of hydrogen-bond acceptors (Lipinski definition) is 4. The highest BCUT2D eigenvalue weighted by molar-refractivity contribution is 7.89. The molecule has 0 atom stereocenters. The van der Waals surface area contributed by atoms with Gasteiger partial charge in [0, 0.05) is 13.0 Å². The van der Waals surface area contributed by atoms with Gasteiger partial charge in [-0.1, -0.05) is 36.8 Å². The predicted octanol–water partition coefficient (Wildman–Crippen LogP) is 3.24. The van der Waals surface area contributed by atoms with Gasteiger partial charge in [-0.3, -0.25) is 4.79 Å². The molecule has 0 aliphatic carbocycles. The van der Waals surface area contributed by atoms with Crippen molar-refractivity contribution >= 4 is 26.8 Å². The summed E-state index contributed by atoms with van der Waals surface area (Å²) in [5.41, 5.74) is 0.